The van der Waals surface area contributed by atoms with Gasteiger partial charge in [-0.2, -0.15) is 0 Å². The van der Waals surface area contributed by atoms with Gasteiger partial charge < -0.3 is 9.30 Å². The molecular formula is C11H19ClN2O2Si. The molecule has 0 aromatic carbocycles. The Labute approximate surface area is 108 Å². The molecule has 17 heavy (non-hydrogen) atoms. The predicted molar refractivity (Wildman–Crippen MR) is 71.3 cm³/mol. The van der Waals surface area contributed by atoms with Crippen molar-refractivity contribution in [3.63, 3.8) is 0 Å². The minimum atomic E-state index is -1.05. The molecule has 0 unspecified atom stereocenters. The summed E-state index contributed by atoms with van der Waals surface area (Å²) in [5, 5.41) is -0.533. The Bertz CT molecular complexity index is 399. The molecule has 0 saturated carbocycles. The molecule has 0 aliphatic heterocycles. The van der Waals surface area contributed by atoms with Crippen LogP contribution in [0.25, 0.3) is 0 Å². The average molecular weight is 275 g/mol. The zero-order chi connectivity index (χ0) is 13.1. The smallest absolute Gasteiger partial charge is 0.272 e. The molecular weight excluding hydrogens is 256 g/mol. The molecule has 0 fully saturated rings. The van der Waals surface area contributed by atoms with Crippen molar-refractivity contribution in [3.05, 3.63) is 17.7 Å². The van der Waals surface area contributed by atoms with Crippen LogP contribution in [-0.4, -0.2) is 29.5 Å². The summed E-state index contributed by atoms with van der Waals surface area (Å²) >= 11 is 5.36. The zero-order valence-corrected chi connectivity index (χ0v) is 12.5. The largest absolute Gasteiger partial charge is 0.361 e. The maximum absolute atomic E-state index is 10.9. The van der Waals surface area contributed by atoms with E-state index in [0.717, 1.165) is 18.5 Å². The summed E-state index contributed by atoms with van der Waals surface area (Å²) in [5.74, 6) is 0.738. The minimum absolute atomic E-state index is 0.276. The molecule has 0 spiro atoms. The second-order valence-electron chi connectivity index (χ2n) is 5.26. The molecule has 4 nitrogen and oxygen atoms in total. The van der Waals surface area contributed by atoms with Crippen molar-refractivity contribution in [2.75, 3.05) is 6.61 Å². The number of carbonyl (C=O) groups excluding carboxylic acids is 1. The summed E-state index contributed by atoms with van der Waals surface area (Å²) in [7, 11) is -1.05. The van der Waals surface area contributed by atoms with Crippen LogP contribution < -0.4 is 0 Å². The third kappa shape index (κ3) is 5.02. The maximum atomic E-state index is 10.9. The molecule has 0 aliphatic carbocycles. The van der Waals surface area contributed by atoms with Crippen molar-refractivity contribution in [2.24, 2.45) is 0 Å². The number of halogens is 1. The minimum Gasteiger partial charge on any atom is -0.361 e. The number of carbonyl (C=O) groups is 1. The number of aryl methyl sites for hydroxylation is 1. The van der Waals surface area contributed by atoms with Gasteiger partial charge in [-0.15, -0.1) is 0 Å². The monoisotopic (exact) mass is 274 g/mol. The summed E-state index contributed by atoms with van der Waals surface area (Å²) in [6, 6.07) is 1.13. The van der Waals surface area contributed by atoms with Crippen molar-refractivity contribution >= 4 is 24.9 Å². The van der Waals surface area contributed by atoms with Gasteiger partial charge in [0.25, 0.3) is 5.24 Å². The maximum Gasteiger partial charge on any atom is 0.272 e. The molecule has 0 atom stereocenters. The van der Waals surface area contributed by atoms with Gasteiger partial charge in [-0.25, -0.2) is 4.98 Å². The lowest BCUT2D eigenvalue weighted by atomic mass is 10.5. The number of hydrogen-bond donors (Lipinski definition) is 0. The fourth-order valence-electron chi connectivity index (χ4n) is 1.28. The van der Waals surface area contributed by atoms with E-state index in [9.17, 15) is 4.79 Å². The molecule has 0 saturated heterocycles. The highest BCUT2D eigenvalue weighted by molar-refractivity contribution is 6.76. The Kier molecular flexibility index (Phi) is 4.91. The summed E-state index contributed by atoms with van der Waals surface area (Å²) < 4.78 is 7.36. The third-order valence-corrected chi connectivity index (χ3v) is 4.30. The Morgan fingerprint density at radius 3 is 2.65 bits per heavy atom. The van der Waals surface area contributed by atoms with E-state index < -0.39 is 13.3 Å². The zero-order valence-electron chi connectivity index (χ0n) is 10.8. The predicted octanol–water partition coefficient (Wildman–Crippen LogP) is 2.88. The van der Waals surface area contributed by atoms with Crippen molar-refractivity contribution in [1.82, 2.24) is 9.55 Å². The van der Waals surface area contributed by atoms with E-state index in [1.54, 1.807) is 10.8 Å². The number of hydrogen-bond acceptors (Lipinski definition) is 3. The Hall–Kier alpha value is -0.653. The van der Waals surface area contributed by atoms with Crippen LogP contribution in [0.4, 0.5) is 0 Å². The van der Waals surface area contributed by atoms with Gasteiger partial charge in [-0.3, -0.25) is 4.79 Å². The molecule has 1 aromatic heterocycles. The van der Waals surface area contributed by atoms with E-state index in [1.165, 1.54) is 0 Å². The average Bonchev–Trinajstić information content (AvgIpc) is 2.54. The van der Waals surface area contributed by atoms with Gasteiger partial charge in [0.05, 0.1) is 0 Å². The summed E-state index contributed by atoms with van der Waals surface area (Å²) in [4.78, 5) is 15.0. The Morgan fingerprint density at radius 2 is 2.18 bits per heavy atom. The number of rotatable bonds is 6. The van der Waals surface area contributed by atoms with Gasteiger partial charge >= 0.3 is 0 Å². The van der Waals surface area contributed by atoms with Gasteiger partial charge in [0.2, 0.25) is 0 Å². The van der Waals surface area contributed by atoms with Crippen molar-refractivity contribution in [2.45, 2.75) is 39.3 Å². The van der Waals surface area contributed by atoms with Crippen LogP contribution in [0.15, 0.2) is 6.20 Å². The third-order valence-electron chi connectivity index (χ3n) is 2.40. The lowest BCUT2D eigenvalue weighted by Crippen LogP contribution is -2.22. The number of imidazole rings is 1. The summed E-state index contributed by atoms with van der Waals surface area (Å²) in [6.45, 7) is 9.92. The molecule has 1 aromatic rings. The molecule has 0 radical (unpaired) electrons. The lowest BCUT2D eigenvalue weighted by Gasteiger charge is -2.15. The fraction of sp³-hybridized carbons (Fsp3) is 0.636. The molecule has 1 rings (SSSR count). The van der Waals surface area contributed by atoms with E-state index in [0.29, 0.717) is 6.73 Å². The van der Waals surface area contributed by atoms with E-state index in [4.69, 9.17) is 16.3 Å². The molecule has 0 N–H and O–H groups in total. The van der Waals surface area contributed by atoms with Gasteiger partial charge in [0, 0.05) is 20.9 Å². The number of nitrogens with zero attached hydrogens (tertiary/aromatic N) is 2. The second-order valence-corrected chi connectivity index (χ2v) is 11.2. The Morgan fingerprint density at radius 1 is 1.53 bits per heavy atom. The Balaban J connectivity index is 2.44. The van der Waals surface area contributed by atoms with Gasteiger partial charge in [0.1, 0.15) is 18.2 Å². The highest BCUT2D eigenvalue weighted by Gasteiger charge is 2.13. The summed E-state index contributed by atoms with van der Waals surface area (Å²) in [5.41, 5.74) is 0.276. The molecule has 0 amide bonds. The van der Waals surface area contributed by atoms with Crippen LogP contribution in [0, 0.1) is 6.92 Å². The highest BCUT2D eigenvalue weighted by Crippen LogP contribution is 2.09. The van der Waals surface area contributed by atoms with E-state index in [2.05, 4.69) is 24.6 Å². The lowest BCUT2D eigenvalue weighted by molar-refractivity contribution is 0.0857. The van der Waals surface area contributed by atoms with Gasteiger partial charge in [-0.1, -0.05) is 19.6 Å². The SMILES string of the molecule is Cc1nc(C(=O)Cl)cn1COCC[Si](C)(C)C. The number of ether oxygens (including phenoxy) is 1. The van der Waals surface area contributed by atoms with Crippen LogP contribution in [-0.2, 0) is 11.5 Å². The first-order valence-electron chi connectivity index (χ1n) is 5.61. The second kappa shape index (κ2) is 5.80. The molecule has 6 heteroatoms. The van der Waals surface area contributed by atoms with Crippen LogP contribution >= 0.6 is 11.6 Å². The van der Waals surface area contributed by atoms with Gasteiger partial charge in [-0.05, 0) is 24.6 Å². The standard InChI is InChI=1S/C11H19ClN2O2Si/c1-9-13-10(11(12)15)7-14(9)8-16-5-6-17(2,3)4/h7H,5-6,8H2,1-4H3. The van der Waals surface area contributed by atoms with Crippen LogP contribution in [0.2, 0.25) is 25.7 Å². The van der Waals surface area contributed by atoms with Crippen molar-refractivity contribution in [1.29, 1.82) is 0 Å². The fourth-order valence-corrected chi connectivity index (χ4v) is 2.12. The summed E-state index contributed by atoms with van der Waals surface area (Å²) in [6.07, 6.45) is 1.62. The van der Waals surface area contributed by atoms with Crippen LogP contribution in [0.5, 0.6) is 0 Å². The van der Waals surface area contributed by atoms with Crippen molar-refractivity contribution < 1.29 is 9.53 Å². The van der Waals surface area contributed by atoms with Gasteiger partial charge in [0.15, 0.2) is 0 Å². The van der Waals surface area contributed by atoms with E-state index >= 15 is 0 Å². The quantitative estimate of drug-likeness (QED) is 0.455. The number of aromatic nitrogens is 2. The van der Waals surface area contributed by atoms with Crippen molar-refractivity contribution in [3.8, 4) is 0 Å². The van der Waals surface area contributed by atoms with E-state index in [-0.39, 0.29) is 5.69 Å². The molecule has 0 bridgehead atoms. The molecule has 96 valence electrons. The van der Waals surface area contributed by atoms with Crippen LogP contribution in [0.3, 0.4) is 0 Å². The normalized spacial score (nSPS) is 11.8. The first-order chi connectivity index (χ1) is 7.79. The topological polar surface area (TPSA) is 44.1 Å². The molecule has 0 aliphatic rings. The van der Waals surface area contributed by atoms with Crippen LogP contribution in [0.1, 0.15) is 16.3 Å². The van der Waals surface area contributed by atoms with E-state index in [1.807, 2.05) is 6.92 Å². The first kappa shape index (κ1) is 14.4. The highest BCUT2D eigenvalue weighted by atomic mass is 35.5. The molecule has 1 heterocycles. The first-order valence-corrected chi connectivity index (χ1v) is 9.69.